The molecule has 2 nitrogen and oxygen atoms in total. The van der Waals surface area contributed by atoms with Gasteiger partial charge >= 0.3 is 0 Å². The number of hydrogen-bond donors (Lipinski definition) is 1. The minimum Gasteiger partial charge on any atom is -0.457 e. The fourth-order valence-corrected chi connectivity index (χ4v) is 1.68. The van der Waals surface area contributed by atoms with Gasteiger partial charge < -0.3 is 9.84 Å². The van der Waals surface area contributed by atoms with Crippen molar-refractivity contribution in [1.82, 2.24) is 0 Å². The first kappa shape index (κ1) is 13.4. The van der Waals surface area contributed by atoms with Crippen molar-refractivity contribution in [1.29, 1.82) is 0 Å². The van der Waals surface area contributed by atoms with Gasteiger partial charge in [-0.25, -0.2) is 0 Å². The molecule has 0 aromatic heterocycles. The predicted octanol–water partition coefficient (Wildman–Crippen LogP) is 4.26. The smallest absolute Gasteiger partial charge is 0.128 e. The van der Waals surface area contributed by atoms with E-state index >= 15 is 0 Å². The van der Waals surface area contributed by atoms with Crippen molar-refractivity contribution in [2.75, 3.05) is 0 Å². The van der Waals surface area contributed by atoms with Gasteiger partial charge in [-0.3, -0.25) is 0 Å². The lowest BCUT2D eigenvalue weighted by Gasteiger charge is -2.07. The number of ether oxygens (including phenoxy) is 1. The number of hydrogen-bond acceptors (Lipinski definition) is 2. The highest BCUT2D eigenvalue weighted by Crippen LogP contribution is 2.23. The topological polar surface area (TPSA) is 29.5 Å². The summed E-state index contributed by atoms with van der Waals surface area (Å²) in [6.07, 6.45) is 1.53. The van der Waals surface area contributed by atoms with Crippen molar-refractivity contribution >= 4 is 6.08 Å². The van der Waals surface area contributed by atoms with Crippen molar-refractivity contribution in [3.8, 4) is 11.5 Å². The van der Waals surface area contributed by atoms with Gasteiger partial charge in [0, 0.05) is 0 Å². The van der Waals surface area contributed by atoms with Crippen molar-refractivity contribution in [3.63, 3.8) is 0 Å². The molecule has 2 aromatic carbocycles. The minimum atomic E-state index is -0.432. The molecule has 98 valence electrons. The second kappa shape index (κ2) is 6.21. The normalized spacial score (nSPS) is 13.1. The lowest BCUT2D eigenvalue weighted by Crippen LogP contribution is -2.00. The van der Waals surface area contributed by atoms with E-state index in [2.05, 4.69) is 0 Å². The SMILES string of the molecule is C/C(=C\c1cccc(Oc2ccccc2)c1)C(C)O. The Morgan fingerprint density at radius 2 is 1.74 bits per heavy atom. The van der Waals surface area contributed by atoms with E-state index in [0.717, 1.165) is 22.6 Å². The average Bonchev–Trinajstić information content (AvgIpc) is 2.40. The molecule has 0 amide bonds. The van der Waals surface area contributed by atoms with Gasteiger partial charge in [0.2, 0.25) is 0 Å². The lowest BCUT2D eigenvalue weighted by molar-refractivity contribution is 0.232. The van der Waals surface area contributed by atoms with Gasteiger partial charge in [-0.05, 0) is 49.2 Å². The zero-order valence-corrected chi connectivity index (χ0v) is 11.2. The lowest BCUT2D eigenvalue weighted by atomic mass is 10.1. The number of rotatable bonds is 4. The molecule has 0 aliphatic rings. The summed E-state index contributed by atoms with van der Waals surface area (Å²) in [6, 6.07) is 17.5. The van der Waals surface area contributed by atoms with E-state index in [1.165, 1.54) is 0 Å². The second-order valence-corrected chi connectivity index (χ2v) is 4.55. The maximum Gasteiger partial charge on any atom is 0.128 e. The van der Waals surface area contributed by atoms with Crippen LogP contribution in [0.3, 0.4) is 0 Å². The predicted molar refractivity (Wildman–Crippen MR) is 78.3 cm³/mol. The molecule has 0 saturated heterocycles. The molecule has 1 atom stereocenters. The summed E-state index contributed by atoms with van der Waals surface area (Å²) < 4.78 is 5.77. The summed E-state index contributed by atoms with van der Waals surface area (Å²) in [6.45, 7) is 3.67. The first-order valence-electron chi connectivity index (χ1n) is 6.34. The van der Waals surface area contributed by atoms with Crippen LogP contribution in [-0.4, -0.2) is 11.2 Å². The van der Waals surface area contributed by atoms with Crippen molar-refractivity contribution in [2.24, 2.45) is 0 Å². The average molecular weight is 254 g/mol. The zero-order valence-electron chi connectivity index (χ0n) is 11.2. The van der Waals surface area contributed by atoms with Crippen LogP contribution in [0.2, 0.25) is 0 Å². The number of benzene rings is 2. The quantitative estimate of drug-likeness (QED) is 0.883. The van der Waals surface area contributed by atoms with E-state index in [1.54, 1.807) is 6.92 Å². The third-order valence-corrected chi connectivity index (χ3v) is 2.89. The fourth-order valence-electron chi connectivity index (χ4n) is 1.68. The molecule has 1 N–H and O–H groups in total. The van der Waals surface area contributed by atoms with Gasteiger partial charge in [0.05, 0.1) is 6.10 Å². The van der Waals surface area contributed by atoms with Crippen molar-refractivity contribution < 1.29 is 9.84 Å². The van der Waals surface area contributed by atoms with Crippen LogP contribution < -0.4 is 4.74 Å². The minimum absolute atomic E-state index is 0.432. The van der Waals surface area contributed by atoms with Gasteiger partial charge in [0.25, 0.3) is 0 Å². The van der Waals surface area contributed by atoms with Crippen LogP contribution in [-0.2, 0) is 0 Å². The molecule has 2 rings (SSSR count). The third kappa shape index (κ3) is 3.97. The van der Waals surface area contributed by atoms with Crippen LogP contribution in [0.5, 0.6) is 11.5 Å². The molecule has 19 heavy (non-hydrogen) atoms. The van der Waals surface area contributed by atoms with Gasteiger partial charge in [-0.1, -0.05) is 36.4 Å². The molecule has 0 radical (unpaired) electrons. The third-order valence-electron chi connectivity index (χ3n) is 2.89. The second-order valence-electron chi connectivity index (χ2n) is 4.55. The van der Waals surface area contributed by atoms with E-state index in [9.17, 15) is 5.11 Å². The van der Waals surface area contributed by atoms with Crippen LogP contribution >= 0.6 is 0 Å². The highest BCUT2D eigenvalue weighted by molar-refractivity contribution is 5.55. The largest absolute Gasteiger partial charge is 0.457 e. The molecule has 0 aliphatic carbocycles. The number of aliphatic hydroxyl groups excluding tert-OH is 1. The molecule has 0 bridgehead atoms. The number of aliphatic hydroxyl groups is 1. The van der Waals surface area contributed by atoms with Crippen molar-refractivity contribution in [2.45, 2.75) is 20.0 Å². The Kier molecular flexibility index (Phi) is 4.37. The molecule has 2 aromatic rings. The molecule has 2 heteroatoms. The molecule has 0 spiro atoms. The summed E-state index contributed by atoms with van der Waals surface area (Å²) >= 11 is 0. The van der Waals surface area contributed by atoms with Crippen molar-refractivity contribution in [3.05, 3.63) is 65.7 Å². The van der Waals surface area contributed by atoms with Gasteiger partial charge in [0.15, 0.2) is 0 Å². The Bertz CT molecular complexity index is 556. The molecule has 0 saturated carbocycles. The Labute approximate surface area is 114 Å². The first-order valence-corrected chi connectivity index (χ1v) is 6.34. The molecule has 1 unspecified atom stereocenters. The van der Waals surface area contributed by atoms with Crippen LogP contribution in [0.25, 0.3) is 6.08 Å². The first-order chi connectivity index (χ1) is 9.15. The standard InChI is InChI=1S/C17H18O2/c1-13(14(2)18)11-15-7-6-10-17(12-15)19-16-8-4-3-5-9-16/h3-12,14,18H,1-2H3/b13-11+. The van der Waals surface area contributed by atoms with E-state index in [0.29, 0.717) is 0 Å². The van der Waals surface area contributed by atoms with E-state index in [-0.39, 0.29) is 0 Å². The summed E-state index contributed by atoms with van der Waals surface area (Å²) in [7, 11) is 0. The Morgan fingerprint density at radius 1 is 1.05 bits per heavy atom. The van der Waals surface area contributed by atoms with Gasteiger partial charge in [0.1, 0.15) is 11.5 Å². The summed E-state index contributed by atoms with van der Waals surface area (Å²) in [5.74, 6) is 1.61. The van der Waals surface area contributed by atoms with Crippen LogP contribution in [0.15, 0.2) is 60.2 Å². The van der Waals surface area contributed by atoms with E-state index in [4.69, 9.17) is 4.74 Å². The maximum atomic E-state index is 9.49. The van der Waals surface area contributed by atoms with Gasteiger partial charge in [-0.15, -0.1) is 0 Å². The highest BCUT2D eigenvalue weighted by atomic mass is 16.5. The monoisotopic (exact) mass is 254 g/mol. The van der Waals surface area contributed by atoms with Crippen LogP contribution in [0.4, 0.5) is 0 Å². The Morgan fingerprint density at radius 3 is 2.42 bits per heavy atom. The highest BCUT2D eigenvalue weighted by Gasteiger charge is 2.00. The molecular formula is C17H18O2. The van der Waals surface area contributed by atoms with Gasteiger partial charge in [-0.2, -0.15) is 0 Å². The molecular weight excluding hydrogens is 236 g/mol. The summed E-state index contributed by atoms with van der Waals surface area (Å²) in [5.41, 5.74) is 1.95. The molecule has 0 heterocycles. The van der Waals surface area contributed by atoms with E-state index in [1.807, 2.05) is 67.6 Å². The molecule has 0 fully saturated rings. The Hall–Kier alpha value is -2.06. The zero-order chi connectivity index (χ0) is 13.7. The van der Waals surface area contributed by atoms with E-state index < -0.39 is 6.10 Å². The Balaban J connectivity index is 2.18. The molecule has 0 aliphatic heterocycles. The summed E-state index contributed by atoms with van der Waals surface area (Å²) in [4.78, 5) is 0. The summed E-state index contributed by atoms with van der Waals surface area (Å²) in [5, 5.41) is 9.49. The fraction of sp³-hybridized carbons (Fsp3) is 0.176. The maximum absolute atomic E-state index is 9.49. The van der Waals surface area contributed by atoms with Crippen LogP contribution in [0.1, 0.15) is 19.4 Å². The number of para-hydroxylation sites is 1. The van der Waals surface area contributed by atoms with Crippen LogP contribution in [0, 0.1) is 0 Å².